The molecule has 0 aliphatic carbocycles. The first-order valence-electron chi connectivity index (χ1n) is 10.1. The summed E-state index contributed by atoms with van der Waals surface area (Å²) in [5.74, 6) is -0.805. The summed E-state index contributed by atoms with van der Waals surface area (Å²) >= 11 is 5.66. The minimum absolute atomic E-state index is 0.0844. The van der Waals surface area contributed by atoms with E-state index in [1.165, 1.54) is 17.7 Å². The zero-order valence-electron chi connectivity index (χ0n) is 17.5. The zero-order chi connectivity index (χ0) is 22.3. The van der Waals surface area contributed by atoms with Gasteiger partial charge in [0.1, 0.15) is 11.7 Å². The van der Waals surface area contributed by atoms with Gasteiger partial charge in [-0.2, -0.15) is 0 Å². The molecule has 1 fully saturated rings. The number of anilines is 1. The number of aryl methyl sites for hydroxylation is 1. The molecule has 0 saturated carbocycles. The van der Waals surface area contributed by atoms with Gasteiger partial charge in [-0.25, -0.2) is 0 Å². The van der Waals surface area contributed by atoms with Crippen molar-refractivity contribution in [2.75, 3.05) is 11.5 Å². The van der Waals surface area contributed by atoms with Crippen LogP contribution in [0, 0.1) is 16.0 Å². The molecule has 31 heavy (non-hydrogen) atoms. The smallest absolute Gasteiger partial charge is 0.317 e. The molecule has 0 amide bonds. The number of nitro benzene ring substituents is 1. The zero-order valence-corrected chi connectivity index (χ0v) is 18.3. The Kier molecular flexibility index (Phi) is 5.30. The summed E-state index contributed by atoms with van der Waals surface area (Å²) in [6.07, 6.45) is 0.899. The van der Waals surface area contributed by atoms with Gasteiger partial charge in [-0.1, -0.05) is 19.1 Å². The van der Waals surface area contributed by atoms with Gasteiger partial charge in [-0.05, 0) is 56.2 Å². The minimum Gasteiger partial charge on any atom is -0.466 e. The number of benzene rings is 2. The van der Waals surface area contributed by atoms with Crippen molar-refractivity contribution in [2.24, 2.45) is 5.92 Å². The molecule has 0 radical (unpaired) electrons. The van der Waals surface area contributed by atoms with E-state index in [-0.39, 0.29) is 12.3 Å². The first-order valence-corrected chi connectivity index (χ1v) is 10.5. The second kappa shape index (κ2) is 7.81. The molecule has 1 saturated heterocycles. The van der Waals surface area contributed by atoms with Crippen LogP contribution in [0.1, 0.15) is 37.9 Å². The average molecular weight is 442 g/mol. The number of nitrogens with one attached hydrogen (secondary N) is 1. The molecule has 2 aromatic rings. The molecule has 1 N–H and O–H groups in total. The Morgan fingerprint density at radius 3 is 2.61 bits per heavy atom. The fourth-order valence-electron chi connectivity index (χ4n) is 4.35. The maximum absolute atomic E-state index is 13.1. The topological polar surface area (TPSA) is 93.9 Å². The fourth-order valence-corrected chi connectivity index (χ4v) is 4.76. The molecule has 2 aliphatic heterocycles. The van der Waals surface area contributed by atoms with Gasteiger partial charge in [0.25, 0.3) is 5.69 Å². The maximum atomic E-state index is 13.1. The van der Waals surface area contributed by atoms with Gasteiger partial charge in [0, 0.05) is 23.4 Å². The van der Waals surface area contributed by atoms with E-state index in [9.17, 15) is 14.9 Å². The van der Waals surface area contributed by atoms with Crippen molar-refractivity contribution in [3.63, 3.8) is 0 Å². The van der Waals surface area contributed by atoms with Crippen LogP contribution in [0.3, 0.4) is 0 Å². The number of nitro groups is 1. The summed E-state index contributed by atoms with van der Waals surface area (Å²) in [7, 11) is 0. The molecule has 8 nitrogen and oxygen atoms in total. The van der Waals surface area contributed by atoms with Crippen LogP contribution < -0.4 is 15.0 Å². The number of ether oxygens (including phenoxy) is 2. The van der Waals surface area contributed by atoms with Gasteiger partial charge >= 0.3 is 5.97 Å². The molecule has 4 rings (SSSR count). The van der Waals surface area contributed by atoms with Gasteiger partial charge in [0.05, 0.1) is 17.6 Å². The van der Waals surface area contributed by atoms with Crippen molar-refractivity contribution in [3.05, 3.63) is 63.7 Å². The van der Waals surface area contributed by atoms with Crippen LogP contribution in [0.2, 0.25) is 0 Å². The summed E-state index contributed by atoms with van der Waals surface area (Å²) in [6.45, 7) is 5.81. The van der Waals surface area contributed by atoms with Crippen LogP contribution >= 0.6 is 12.2 Å². The summed E-state index contributed by atoms with van der Waals surface area (Å²) in [5.41, 5.74) is 1.19. The number of hydrogen-bond acceptors (Lipinski definition) is 6. The van der Waals surface area contributed by atoms with E-state index >= 15 is 0 Å². The number of fused-ring (bicyclic) bond motifs is 4. The van der Waals surface area contributed by atoms with Crippen LogP contribution in [0.15, 0.2) is 42.5 Å². The summed E-state index contributed by atoms with van der Waals surface area (Å²) < 4.78 is 11.7. The molecule has 9 heteroatoms. The molecule has 2 heterocycles. The lowest BCUT2D eigenvalue weighted by Gasteiger charge is -2.55. The number of carbonyl (C=O) groups is 1. The third-order valence-corrected chi connectivity index (χ3v) is 6.14. The van der Waals surface area contributed by atoms with Crippen molar-refractivity contribution in [1.82, 2.24) is 5.32 Å². The highest BCUT2D eigenvalue weighted by Gasteiger charge is 2.60. The van der Waals surface area contributed by atoms with E-state index < -0.39 is 28.6 Å². The molecule has 2 aromatic carbocycles. The highest BCUT2D eigenvalue weighted by atomic mass is 32.1. The first kappa shape index (κ1) is 21.0. The van der Waals surface area contributed by atoms with Crippen molar-refractivity contribution >= 4 is 34.7 Å². The summed E-state index contributed by atoms with van der Waals surface area (Å²) in [5, 5.41) is 14.9. The molecule has 3 atom stereocenters. The van der Waals surface area contributed by atoms with Crippen molar-refractivity contribution in [2.45, 2.75) is 39.0 Å². The number of thiocarbonyl (C=S) groups is 1. The molecule has 3 unspecified atom stereocenters. The number of carbonyl (C=O) groups excluding carboxylic acids is 1. The Hall–Kier alpha value is -3.20. The van der Waals surface area contributed by atoms with Gasteiger partial charge in [0.2, 0.25) is 5.72 Å². The van der Waals surface area contributed by atoms with E-state index in [0.29, 0.717) is 16.4 Å². The monoisotopic (exact) mass is 441 g/mol. The lowest BCUT2D eigenvalue weighted by atomic mass is 9.79. The highest BCUT2D eigenvalue weighted by Crippen LogP contribution is 2.50. The molecule has 162 valence electrons. The number of rotatable bonds is 5. The maximum Gasteiger partial charge on any atom is 0.317 e. The number of nitrogens with zero attached hydrogens (tertiary/aromatic N) is 2. The predicted molar refractivity (Wildman–Crippen MR) is 119 cm³/mol. The SMILES string of the molecule is CCOC(=O)C1C2NC(=S)N(c3ccc(CC)cc3)C1(C)Oc1ccc([N+](=O)[O-])cc12. The first-order chi connectivity index (χ1) is 14.8. The number of non-ortho nitro benzene ring substituents is 1. The standard InChI is InChI=1S/C22H23N3O5S/c1-4-13-6-8-14(9-7-13)24-21(31)23-19-16-12-15(25(27)28)10-11-17(16)30-22(24,3)18(19)20(26)29-5-2/h6-12,18-19H,4-5H2,1-3H3,(H,23,31). The van der Waals surface area contributed by atoms with Crippen LogP contribution in [-0.4, -0.2) is 28.3 Å². The second-order valence-corrected chi connectivity index (χ2v) is 8.03. The van der Waals surface area contributed by atoms with E-state index in [4.69, 9.17) is 21.7 Å². The number of hydrogen-bond donors (Lipinski definition) is 1. The van der Waals surface area contributed by atoms with Crippen molar-refractivity contribution in [1.29, 1.82) is 0 Å². The van der Waals surface area contributed by atoms with E-state index in [1.807, 2.05) is 24.3 Å². The highest BCUT2D eigenvalue weighted by molar-refractivity contribution is 7.80. The Morgan fingerprint density at radius 2 is 2.00 bits per heavy atom. The number of esters is 1. The fraction of sp³-hybridized carbons (Fsp3) is 0.364. The van der Waals surface area contributed by atoms with Crippen LogP contribution in [-0.2, 0) is 16.0 Å². The minimum atomic E-state index is -1.18. The van der Waals surface area contributed by atoms with Crippen molar-refractivity contribution in [3.8, 4) is 5.75 Å². The van der Waals surface area contributed by atoms with Crippen LogP contribution in [0.4, 0.5) is 11.4 Å². The normalized spacial score (nSPS) is 24.0. The molecule has 0 spiro atoms. The van der Waals surface area contributed by atoms with E-state index in [1.54, 1.807) is 24.8 Å². The molecule has 2 bridgehead atoms. The molecule has 0 aromatic heterocycles. The van der Waals surface area contributed by atoms with Crippen LogP contribution in [0.25, 0.3) is 0 Å². The summed E-state index contributed by atoms with van der Waals surface area (Å²) in [6, 6.07) is 11.7. The Morgan fingerprint density at radius 1 is 1.29 bits per heavy atom. The third kappa shape index (κ3) is 3.38. The predicted octanol–water partition coefficient (Wildman–Crippen LogP) is 3.88. The Balaban J connectivity index is 1.87. The quantitative estimate of drug-likeness (QED) is 0.323. The van der Waals surface area contributed by atoms with Crippen LogP contribution in [0.5, 0.6) is 5.75 Å². The van der Waals surface area contributed by atoms with E-state index in [2.05, 4.69) is 12.2 Å². The Bertz CT molecular complexity index is 1060. The van der Waals surface area contributed by atoms with Gasteiger partial charge in [0.15, 0.2) is 5.11 Å². The lowest BCUT2D eigenvalue weighted by Crippen LogP contribution is -2.71. The lowest BCUT2D eigenvalue weighted by molar-refractivity contribution is -0.385. The summed E-state index contributed by atoms with van der Waals surface area (Å²) in [4.78, 5) is 25.7. The molecular weight excluding hydrogens is 418 g/mol. The molecular formula is C22H23N3O5S. The second-order valence-electron chi connectivity index (χ2n) is 7.65. The average Bonchev–Trinajstić information content (AvgIpc) is 2.73. The largest absolute Gasteiger partial charge is 0.466 e. The molecule has 2 aliphatic rings. The van der Waals surface area contributed by atoms with Crippen molar-refractivity contribution < 1.29 is 19.2 Å². The van der Waals surface area contributed by atoms with Gasteiger partial charge < -0.3 is 14.8 Å². The van der Waals surface area contributed by atoms with E-state index in [0.717, 1.165) is 12.1 Å². The van der Waals surface area contributed by atoms with Gasteiger partial charge in [-0.3, -0.25) is 19.8 Å². The third-order valence-electron chi connectivity index (χ3n) is 5.84. The Labute approximate surface area is 185 Å². The van der Waals surface area contributed by atoms with Gasteiger partial charge in [-0.15, -0.1) is 0 Å².